The molecule has 0 aromatic carbocycles. The molecule has 104 valence electrons. The molecule has 0 saturated carbocycles. The van der Waals surface area contributed by atoms with Crippen molar-refractivity contribution in [3.8, 4) is 0 Å². The molecule has 0 atom stereocenters. The van der Waals surface area contributed by atoms with E-state index in [-0.39, 0.29) is 18.0 Å². The molecular formula is C11H12F2N2O4. The zero-order valence-corrected chi connectivity index (χ0v) is 10.4. The highest BCUT2D eigenvalue weighted by Gasteiger charge is 2.24. The normalized spacial score (nSPS) is 10.6. The summed E-state index contributed by atoms with van der Waals surface area (Å²) < 4.78 is 29.9. The number of nitro groups is 1. The van der Waals surface area contributed by atoms with Crippen molar-refractivity contribution in [2.24, 2.45) is 0 Å². The number of hydrogen-bond acceptors (Lipinski definition) is 5. The Morgan fingerprint density at radius 1 is 1.58 bits per heavy atom. The summed E-state index contributed by atoms with van der Waals surface area (Å²) in [7, 11) is 0. The van der Waals surface area contributed by atoms with Crippen molar-refractivity contribution in [2.75, 3.05) is 6.61 Å². The number of ether oxygens (including phenoxy) is 1. The van der Waals surface area contributed by atoms with Crippen LogP contribution in [0.3, 0.4) is 0 Å². The minimum atomic E-state index is -2.86. The number of hydrogen-bond donors (Lipinski definition) is 0. The Hall–Kier alpha value is -2.12. The van der Waals surface area contributed by atoms with Gasteiger partial charge in [0.05, 0.1) is 18.0 Å². The fourth-order valence-corrected chi connectivity index (χ4v) is 1.52. The molecule has 1 rings (SSSR count). The van der Waals surface area contributed by atoms with Crippen molar-refractivity contribution in [2.45, 2.75) is 26.7 Å². The zero-order valence-electron chi connectivity index (χ0n) is 10.4. The molecule has 0 unspecified atom stereocenters. The van der Waals surface area contributed by atoms with Gasteiger partial charge < -0.3 is 4.74 Å². The largest absolute Gasteiger partial charge is 0.466 e. The Kier molecular flexibility index (Phi) is 4.85. The number of halogens is 2. The standard InChI is InChI=1S/C11H12F2N2O4/c1-3-19-10(16)5-8-9(15(17)18)4-7(11(12)13)6(2)14-8/h4,11H,3,5H2,1-2H3. The minimum absolute atomic E-state index is 0.0418. The lowest BCUT2D eigenvalue weighted by Gasteiger charge is -2.08. The predicted octanol–water partition coefficient (Wildman–Crippen LogP) is 2.34. The van der Waals surface area contributed by atoms with E-state index in [0.29, 0.717) is 0 Å². The number of carbonyl (C=O) groups excluding carboxylic acids is 1. The Bertz CT molecular complexity index is 506. The average Bonchev–Trinajstić information content (AvgIpc) is 2.28. The van der Waals surface area contributed by atoms with E-state index in [4.69, 9.17) is 0 Å². The SMILES string of the molecule is CCOC(=O)Cc1nc(C)c(C(F)F)cc1[N+](=O)[O-]. The first kappa shape index (κ1) is 14.9. The van der Waals surface area contributed by atoms with Gasteiger partial charge in [-0.15, -0.1) is 0 Å². The molecule has 19 heavy (non-hydrogen) atoms. The first-order valence-electron chi connectivity index (χ1n) is 5.45. The van der Waals surface area contributed by atoms with Crippen LogP contribution in [0, 0.1) is 17.0 Å². The molecule has 1 heterocycles. The van der Waals surface area contributed by atoms with Gasteiger partial charge >= 0.3 is 5.97 Å². The number of rotatable bonds is 5. The van der Waals surface area contributed by atoms with E-state index in [1.54, 1.807) is 6.92 Å². The molecule has 0 amide bonds. The number of esters is 1. The fourth-order valence-electron chi connectivity index (χ4n) is 1.52. The molecule has 0 spiro atoms. The Morgan fingerprint density at radius 3 is 2.68 bits per heavy atom. The van der Waals surface area contributed by atoms with E-state index in [1.807, 2.05) is 0 Å². The highest BCUT2D eigenvalue weighted by Crippen LogP contribution is 2.28. The number of aromatic nitrogens is 1. The van der Waals surface area contributed by atoms with Crippen LogP contribution in [0.1, 0.15) is 30.3 Å². The van der Waals surface area contributed by atoms with Gasteiger partial charge in [-0.3, -0.25) is 14.9 Å². The lowest BCUT2D eigenvalue weighted by atomic mass is 10.1. The Balaban J connectivity index is 3.20. The van der Waals surface area contributed by atoms with Crippen LogP contribution < -0.4 is 0 Å². The smallest absolute Gasteiger partial charge is 0.312 e. The Morgan fingerprint density at radius 2 is 2.21 bits per heavy atom. The van der Waals surface area contributed by atoms with Crippen molar-refractivity contribution < 1.29 is 23.2 Å². The first-order chi connectivity index (χ1) is 8.86. The lowest BCUT2D eigenvalue weighted by Crippen LogP contribution is -2.12. The van der Waals surface area contributed by atoms with Crippen LogP contribution in [0.4, 0.5) is 14.5 Å². The Labute approximate surface area is 107 Å². The van der Waals surface area contributed by atoms with Gasteiger partial charge in [0.15, 0.2) is 0 Å². The molecule has 1 aromatic heterocycles. The van der Waals surface area contributed by atoms with Crippen molar-refractivity contribution in [1.29, 1.82) is 0 Å². The second-order valence-corrected chi connectivity index (χ2v) is 3.67. The second kappa shape index (κ2) is 6.17. The summed E-state index contributed by atoms with van der Waals surface area (Å²) in [5.74, 6) is -0.692. The van der Waals surface area contributed by atoms with Crippen LogP contribution in [-0.4, -0.2) is 22.5 Å². The third kappa shape index (κ3) is 3.67. The van der Waals surface area contributed by atoms with Gasteiger partial charge in [0.25, 0.3) is 12.1 Å². The summed E-state index contributed by atoms with van der Waals surface area (Å²) in [4.78, 5) is 25.0. The quantitative estimate of drug-likeness (QED) is 0.467. The fraction of sp³-hybridized carbons (Fsp3) is 0.455. The zero-order chi connectivity index (χ0) is 14.6. The van der Waals surface area contributed by atoms with Crippen LogP contribution in [0.25, 0.3) is 0 Å². The molecular weight excluding hydrogens is 262 g/mol. The van der Waals surface area contributed by atoms with E-state index in [0.717, 1.165) is 6.07 Å². The highest BCUT2D eigenvalue weighted by molar-refractivity contribution is 5.73. The van der Waals surface area contributed by atoms with Crippen LogP contribution >= 0.6 is 0 Å². The van der Waals surface area contributed by atoms with Gasteiger partial charge in [0.1, 0.15) is 5.69 Å². The van der Waals surface area contributed by atoms with Gasteiger partial charge in [0, 0.05) is 17.3 Å². The molecule has 1 aromatic rings. The van der Waals surface area contributed by atoms with Gasteiger partial charge in [-0.2, -0.15) is 0 Å². The summed E-state index contributed by atoms with van der Waals surface area (Å²) in [6.07, 6.45) is -3.28. The lowest BCUT2D eigenvalue weighted by molar-refractivity contribution is -0.386. The van der Waals surface area contributed by atoms with E-state index in [1.165, 1.54) is 6.92 Å². The van der Waals surface area contributed by atoms with Gasteiger partial charge in [-0.1, -0.05) is 0 Å². The van der Waals surface area contributed by atoms with E-state index >= 15 is 0 Å². The molecule has 0 saturated heterocycles. The molecule has 0 N–H and O–H groups in total. The molecule has 0 radical (unpaired) electrons. The summed E-state index contributed by atoms with van der Waals surface area (Å²) >= 11 is 0. The number of nitrogens with zero attached hydrogens (tertiary/aromatic N) is 2. The third-order valence-corrected chi connectivity index (χ3v) is 2.36. The number of pyridine rings is 1. The van der Waals surface area contributed by atoms with Gasteiger partial charge in [-0.05, 0) is 13.8 Å². The number of alkyl halides is 2. The van der Waals surface area contributed by atoms with Crippen molar-refractivity contribution in [1.82, 2.24) is 4.98 Å². The monoisotopic (exact) mass is 274 g/mol. The first-order valence-corrected chi connectivity index (χ1v) is 5.45. The molecule has 8 heteroatoms. The van der Waals surface area contributed by atoms with Gasteiger partial charge in [-0.25, -0.2) is 13.8 Å². The van der Waals surface area contributed by atoms with Crippen molar-refractivity contribution in [3.63, 3.8) is 0 Å². The summed E-state index contributed by atoms with van der Waals surface area (Å²) in [6, 6.07) is 0.752. The van der Waals surface area contributed by atoms with Crippen LogP contribution in [0.2, 0.25) is 0 Å². The topological polar surface area (TPSA) is 82.3 Å². The summed E-state index contributed by atoms with van der Waals surface area (Å²) in [6.45, 7) is 3.02. The molecule has 0 fully saturated rings. The van der Waals surface area contributed by atoms with Crippen molar-refractivity contribution >= 4 is 11.7 Å². The number of aryl methyl sites for hydroxylation is 1. The molecule has 6 nitrogen and oxygen atoms in total. The van der Waals surface area contributed by atoms with Crippen LogP contribution in [0.15, 0.2) is 6.07 Å². The predicted molar refractivity (Wildman–Crippen MR) is 60.9 cm³/mol. The van der Waals surface area contributed by atoms with Crippen LogP contribution in [-0.2, 0) is 16.0 Å². The summed E-state index contributed by atoms with van der Waals surface area (Å²) in [5, 5.41) is 10.8. The maximum absolute atomic E-state index is 12.6. The number of carbonyl (C=O) groups is 1. The maximum Gasteiger partial charge on any atom is 0.312 e. The van der Waals surface area contributed by atoms with E-state index in [2.05, 4.69) is 9.72 Å². The molecule has 0 aliphatic heterocycles. The molecule has 0 aliphatic rings. The maximum atomic E-state index is 12.6. The van der Waals surface area contributed by atoms with Crippen LogP contribution in [0.5, 0.6) is 0 Å². The van der Waals surface area contributed by atoms with E-state index in [9.17, 15) is 23.7 Å². The third-order valence-electron chi connectivity index (χ3n) is 2.36. The van der Waals surface area contributed by atoms with Gasteiger partial charge in [0.2, 0.25) is 0 Å². The second-order valence-electron chi connectivity index (χ2n) is 3.67. The molecule has 0 aliphatic carbocycles. The van der Waals surface area contributed by atoms with E-state index < -0.39 is 35.0 Å². The minimum Gasteiger partial charge on any atom is -0.466 e. The average molecular weight is 274 g/mol. The molecule has 0 bridgehead atoms. The highest BCUT2D eigenvalue weighted by atomic mass is 19.3. The summed E-state index contributed by atoms with van der Waals surface area (Å²) in [5.41, 5.74) is -1.33. The van der Waals surface area contributed by atoms with Crippen molar-refractivity contribution in [3.05, 3.63) is 33.1 Å².